The van der Waals surface area contributed by atoms with Gasteiger partial charge in [-0.1, -0.05) is 6.07 Å². The number of rotatable bonds is 4. The monoisotopic (exact) mass is 301 g/mol. The largest absolute Gasteiger partial charge is 0.481 e. The van der Waals surface area contributed by atoms with E-state index < -0.39 is 6.10 Å². The quantitative estimate of drug-likeness (QED) is 0.921. The maximum atomic E-state index is 12.9. The van der Waals surface area contributed by atoms with Crippen LogP contribution in [-0.4, -0.2) is 12.0 Å². The van der Waals surface area contributed by atoms with E-state index in [1.54, 1.807) is 6.92 Å². The highest BCUT2D eigenvalue weighted by atomic mass is 19.1. The first-order chi connectivity index (χ1) is 10.4. The molecule has 0 spiro atoms. The first kappa shape index (κ1) is 16.0. The predicted molar refractivity (Wildman–Crippen MR) is 85.8 cm³/mol. The van der Waals surface area contributed by atoms with Gasteiger partial charge >= 0.3 is 0 Å². The molecular weight excluding hydrogens is 281 g/mol. The highest BCUT2D eigenvalue weighted by Crippen LogP contribution is 2.24. The molecule has 1 atom stereocenters. The van der Waals surface area contributed by atoms with Gasteiger partial charge in [0.1, 0.15) is 11.6 Å². The van der Waals surface area contributed by atoms with Crippen LogP contribution >= 0.6 is 0 Å². The first-order valence-corrected chi connectivity index (χ1v) is 7.18. The van der Waals surface area contributed by atoms with Crippen molar-refractivity contribution in [2.45, 2.75) is 33.8 Å². The molecule has 0 saturated heterocycles. The van der Waals surface area contributed by atoms with Gasteiger partial charge in [0.25, 0.3) is 5.91 Å². The van der Waals surface area contributed by atoms with Crippen LogP contribution in [0.1, 0.15) is 23.6 Å². The number of nitrogens with one attached hydrogen (secondary N) is 1. The number of benzene rings is 2. The molecule has 0 heterocycles. The summed E-state index contributed by atoms with van der Waals surface area (Å²) in [6.45, 7) is 7.66. The van der Waals surface area contributed by atoms with Gasteiger partial charge in [0.2, 0.25) is 0 Å². The van der Waals surface area contributed by atoms with E-state index >= 15 is 0 Å². The van der Waals surface area contributed by atoms with Crippen molar-refractivity contribution in [3.63, 3.8) is 0 Å². The molecule has 0 fully saturated rings. The van der Waals surface area contributed by atoms with E-state index in [9.17, 15) is 9.18 Å². The average molecular weight is 301 g/mol. The Morgan fingerprint density at radius 2 is 1.77 bits per heavy atom. The highest BCUT2D eigenvalue weighted by Gasteiger charge is 2.16. The molecule has 0 aromatic heterocycles. The fourth-order valence-electron chi connectivity index (χ4n) is 2.14. The summed E-state index contributed by atoms with van der Waals surface area (Å²) in [6, 6.07) is 9.63. The number of hydrogen-bond acceptors (Lipinski definition) is 2. The number of aryl methyl sites for hydroxylation is 2. The topological polar surface area (TPSA) is 38.3 Å². The minimum absolute atomic E-state index is 0.273. The number of carbonyl (C=O) groups is 1. The lowest BCUT2D eigenvalue weighted by Gasteiger charge is -2.18. The standard InChI is InChI=1S/C18H20FNO2/c1-11-9-12(2)13(3)17(10-11)22-14(4)18(21)20-16-7-5-15(19)6-8-16/h5-10,14H,1-4H3,(H,20,21). The lowest BCUT2D eigenvalue weighted by Crippen LogP contribution is -2.30. The van der Waals surface area contributed by atoms with Crippen molar-refractivity contribution in [1.82, 2.24) is 0 Å². The summed E-state index contributed by atoms with van der Waals surface area (Å²) in [4.78, 5) is 12.2. The van der Waals surface area contributed by atoms with Crippen LogP contribution in [0.5, 0.6) is 5.75 Å². The Morgan fingerprint density at radius 3 is 2.41 bits per heavy atom. The van der Waals surface area contributed by atoms with Gasteiger partial charge in [-0.05, 0) is 74.7 Å². The molecular formula is C18H20FNO2. The maximum absolute atomic E-state index is 12.9. The van der Waals surface area contributed by atoms with Gasteiger partial charge in [-0.15, -0.1) is 0 Å². The molecule has 2 rings (SSSR count). The Morgan fingerprint density at radius 1 is 1.14 bits per heavy atom. The summed E-state index contributed by atoms with van der Waals surface area (Å²) >= 11 is 0. The van der Waals surface area contributed by atoms with Gasteiger partial charge in [-0.3, -0.25) is 4.79 Å². The second kappa shape index (κ2) is 6.60. The van der Waals surface area contributed by atoms with E-state index in [0.29, 0.717) is 11.4 Å². The molecule has 22 heavy (non-hydrogen) atoms. The van der Waals surface area contributed by atoms with E-state index in [0.717, 1.165) is 16.7 Å². The minimum atomic E-state index is -0.648. The van der Waals surface area contributed by atoms with Crippen LogP contribution in [-0.2, 0) is 4.79 Å². The van der Waals surface area contributed by atoms with Crippen molar-refractivity contribution in [1.29, 1.82) is 0 Å². The summed E-state index contributed by atoms with van der Waals surface area (Å²) in [6.07, 6.45) is -0.648. The van der Waals surface area contributed by atoms with Crippen LogP contribution in [0.3, 0.4) is 0 Å². The molecule has 2 aromatic carbocycles. The highest BCUT2D eigenvalue weighted by molar-refractivity contribution is 5.94. The maximum Gasteiger partial charge on any atom is 0.265 e. The first-order valence-electron chi connectivity index (χ1n) is 7.18. The summed E-state index contributed by atoms with van der Waals surface area (Å²) in [5.74, 6) is 0.0950. The molecule has 0 radical (unpaired) electrons. The van der Waals surface area contributed by atoms with Crippen molar-refractivity contribution in [2.75, 3.05) is 5.32 Å². The Balaban J connectivity index is 2.07. The number of anilines is 1. The fraction of sp³-hybridized carbons (Fsp3) is 0.278. The Labute approximate surface area is 130 Å². The van der Waals surface area contributed by atoms with Gasteiger partial charge in [-0.2, -0.15) is 0 Å². The van der Waals surface area contributed by atoms with E-state index in [-0.39, 0.29) is 11.7 Å². The third-order valence-electron chi connectivity index (χ3n) is 3.55. The zero-order valence-electron chi connectivity index (χ0n) is 13.2. The average Bonchev–Trinajstić information content (AvgIpc) is 2.46. The molecule has 0 aliphatic rings. The Kier molecular flexibility index (Phi) is 4.81. The summed E-state index contributed by atoms with van der Waals surface area (Å²) in [5.41, 5.74) is 3.77. The summed E-state index contributed by atoms with van der Waals surface area (Å²) < 4.78 is 18.6. The number of halogens is 1. The second-order valence-corrected chi connectivity index (χ2v) is 5.46. The number of hydrogen-bond donors (Lipinski definition) is 1. The zero-order chi connectivity index (χ0) is 16.3. The molecule has 3 nitrogen and oxygen atoms in total. The van der Waals surface area contributed by atoms with Gasteiger partial charge < -0.3 is 10.1 Å². The van der Waals surface area contributed by atoms with E-state index in [1.807, 2.05) is 26.8 Å². The van der Waals surface area contributed by atoms with E-state index in [2.05, 4.69) is 11.4 Å². The summed E-state index contributed by atoms with van der Waals surface area (Å²) in [5, 5.41) is 2.71. The molecule has 1 N–H and O–H groups in total. The van der Waals surface area contributed by atoms with E-state index in [4.69, 9.17) is 4.74 Å². The molecule has 4 heteroatoms. The number of carbonyl (C=O) groups excluding carboxylic acids is 1. The van der Waals surface area contributed by atoms with Crippen LogP contribution in [0.15, 0.2) is 36.4 Å². The van der Waals surface area contributed by atoms with Crippen molar-refractivity contribution >= 4 is 11.6 Å². The molecule has 116 valence electrons. The van der Waals surface area contributed by atoms with Crippen molar-refractivity contribution in [3.05, 3.63) is 58.9 Å². The van der Waals surface area contributed by atoms with Crippen LogP contribution in [0.25, 0.3) is 0 Å². The van der Waals surface area contributed by atoms with Crippen LogP contribution < -0.4 is 10.1 Å². The minimum Gasteiger partial charge on any atom is -0.481 e. The lowest BCUT2D eigenvalue weighted by atomic mass is 10.1. The number of amides is 1. The van der Waals surface area contributed by atoms with Crippen LogP contribution in [0, 0.1) is 26.6 Å². The zero-order valence-corrected chi connectivity index (χ0v) is 13.2. The molecule has 0 aliphatic carbocycles. The molecule has 1 amide bonds. The Bertz CT molecular complexity index is 680. The van der Waals surface area contributed by atoms with Gasteiger partial charge in [-0.25, -0.2) is 4.39 Å². The van der Waals surface area contributed by atoms with Gasteiger partial charge in [0.05, 0.1) is 0 Å². The molecule has 0 saturated carbocycles. The third kappa shape index (κ3) is 3.85. The third-order valence-corrected chi connectivity index (χ3v) is 3.55. The molecule has 1 unspecified atom stereocenters. The fourth-order valence-corrected chi connectivity index (χ4v) is 2.14. The van der Waals surface area contributed by atoms with Crippen LogP contribution in [0.4, 0.5) is 10.1 Å². The summed E-state index contributed by atoms with van der Waals surface area (Å²) in [7, 11) is 0. The van der Waals surface area contributed by atoms with E-state index in [1.165, 1.54) is 24.3 Å². The van der Waals surface area contributed by atoms with Gasteiger partial charge in [0.15, 0.2) is 6.10 Å². The SMILES string of the molecule is Cc1cc(C)c(C)c(OC(C)C(=O)Nc2ccc(F)cc2)c1. The molecule has 2 aromatic rings. The van der Waals surface area contributed by atoms with Crippen molar-refractivity contribution in [3.8, 4) is 5.75 Å². The lowest BCUT2D eigenvalue weighted by molar-refractivity contribution is -0.122. The second-order valence-electron chi connectivity index (χ2n) is 5.46. The van der Waals surface area contributed by atoms with Crippen LogP contribution in [0.2, 0.25) is 0 Å². The Hall–Kier alpha value is -2.36. The molecule has 0 bridgehead atoms. The number of ether oxygens (including phenoxy) is 1. The van der Waals surface area contributed by atoms with Crippen molar-refractivity contribution < 1.29 is 13.9 Å². The molecule has 0 aliphatic heterocycles. The van der Waals surface area contributed by atoms with Crippen molar-refractivity contribution in [2.24, 2.45) is 0 Å². The smallest absolute Gasteiger partial charge is 0.265 e. The normalized spacial score (nSPS) is 11.9. The van der Waals surface area contributed by atoms with Gasteiger partial charge in [0, 0.05) is 5.69 Å². The predicted octanol–water partition coefficient (Wildman–Crippen LogP) is 4.16.